The Bertz CT molecular complexity index is 491. The summed E-state index contributed by atoms with van der Waals surface area (Å²) in [4.78, 5) is 10.1. The van der Waals surface area contributed by atoms with Crippen molar-refractivity contribution >= 4 is 18.1 Å². The molecule has 0 aromatic heterocycles. The van der Waals surface area contributed by atoms with Crippen molar-refractivity contribution in [1.29, 1.82) is 0 Å². The van der Waals surface area contributed by atoms with Crippen LogP contribution < -0.4 is 5.73 Å². The molecule has 8 heteroatoms. The zero-order valence-electron chi connectivity index (χ0n) is 10.7. The van der Waals surface area contributed by atoms with Crippen molar-refractivity contribution in [2.75, 3.05) is 13.2 Å². The van der Waals surface area contributed by atoms with E-state index in [1.165, 1.54) is 12.1 Å². The summed E-state index contributed by atoms with van der Waals surface area (Å²) >= 11 is 0. The lowest BCUT2D eigenvalue weighted by Crippen LogP contribution is -2.27. The third kappa shape index (κ3) is 3.30. The lowest BCUT2D eigenvalue weighted by Gasteiger charge is -2.27. The molecule has 0 aliphatic carbocycles. The number of aromatic hydroxyl groups is 2. The molecule has 112 valence electrons. The maximum Gasteiger partial charge on any atom is 0.314 e. The summed E-state index contributed by atoms with van der Waals surface area (Å²) in [6.45, 7) is 1.23. The van der Waals surface area contributed by atoms with Gasteiger partial charge in [-0.05, 0) is 30.4 Å². The van der Waals surface area contributed by atoms with Gasteiger partial charge >= 0.3 is 5.69 Å². The second kappa shape index (κ2) is 6.74. The first-order chi connectivity index (χ1) is 9.00. The summed E-state index contributed by atoms with van der Waals surface area (Å²) in [7, 11) is 0. The standard InChI is InChI=1S/C12H16N2O5.ClH/c13-11(7-1-3-19-4-2-7)8-5-9(14(17)18)12(16)10(15)6-8;/h5-7,11,15-16H,1-4,13H2;1H/t11-;/m1./s1. The fraction of sp³-hybridized carbons (Fsp3) is 0.500. The minimum atomic E-state index is -0.741. The van der Waals surface area contributed by atoms with Gasteiger partial charge in [-0.2, -0.15) is 0 Å². The van der Waals surface area contributed by atoms with Crippen LogP contribution in [0.15, 0.2) is 12.1 Å². The quantitative estimate of drug-likeness (QED) is 0.445. The molecule has 7 nitrogen and oxygen atoms in total. The number of halogens is 1. The van der Waals surface area contributed by atoms with Crippen LogP contribution in [0.2, 0.25) is 0 Å². The van der Waals surface area contributed by atoms with Gasteiger partial charge in [0.05, 0.1) is 4.92 Å². The molecule has 1 aliphatic rings. The summed E-state index contributed by atoms with van der Waals surface area (Å²) in [5.74, 6) is -1.10. The van der Waals surface area contributed by atoms with Crippen molar-refractivity contribution in [2.45, 2.75) is 18.9 Å². The highest BCUT2D eigenvalue weighted by Gasteiger charge is 2.26. The van der Waals surface area contributed by atoms with Crippen LogP contribution in [0.5, 0.6) is 11.5 Å². The first-order valence-electron chi connectivity index (χ1n) is 6.04. The minimum Gasteiger partial charge on any atom is -0.504 e. The lowest BCUT2D eigenvalue weighted by molar-refractivity contribution is -0.386. The number of nitro benzene ring substituents is 1. The molecule has 1 fully saturated rings. The molecule has 1 heterocycles. The average Bonchev–Trinajstić information content (AvgIpc) is 2.41. The Kier molecular flexibility index (Phi) is 5.55. The summed E-state index contributed by atoms with van der Waals surface area (Å²) in [5, 5.41) is 29.8. The molecule has 0 bridgehead atoms. The Balaban J connectivity index is 0.00000200. The fourth-order valence-corrected chi connectivity index (χ4v) is 2.30. The number of hydrogen-bond donors (Lipinski definition) is 3. The van der Waals surface area contributed by atoms with Gasteiger partial charge in [0, 0.05) is 25.3 Å². The van der Waals surface area contributed by atoms with Crippen LogP contribution in [0.4, 0.5) is 5.69 Å². The topological polar surface area (TPSA) is 119 Å². The van der Waals surface area contributed by atoms with Gasteiger partial charge < -0.3 is 20.7 Å². The second-order valence-electron chi connectivity index (χ2n) is 4.64. The van der Waals surface area contributed by atoms with Gasteiger partial charge in [-0.25, -0.2) is 0 Å². The monoisotopic (exact) mass is 304 g/mol. The summed E-state index contributed by atoms with van der Waals surface area (Å²) in [6.07, 6.45) is 1.55. The van der Waals surface area contributed by atoms with Gasteiger partial charge in [0.1, 0.15) is 0 Å². The van der Waals surface area contributed by atoms with Crippen molar-refractivity contribution in [3.8, 4) is 11.5 Å². The Morgan fingerprint density at radius 3 is 2.50 bits per heavy atom. The molecule has 4 N–H and O–H groups in total. The number of ether oxygens (including phenoxy) is 1. The van der Waals surface area contributed by atoms with Crippen LogP contribution in [0.1, 0.15) is 24.4 Å². The van der Waals surface area contributed by atoms with Gasteiger partial charge in [0.25, 0.3) is 0 Å². The molecule has 0 radical (unpaired) electrons. The molecule has 1 atom stereocenters. The summed E-state index contributed by atoms with van der Waals surface area (Å²) < 4.78 is 5.24. The molecule has 1 aromatic carbocycles. The van der Waals surface area contributed by atoms with Crippen LogP contribution in [0.3, 0.4) is 0 Å². The van der Waals surface area contributed by atoms with Crippen molar-refractivity contribution in [2.24, 2.45) is 11.7 Å². The second-order valence-corrected chi connectivity index (χ2v) is 4.64. The van der Waals surface area contributed by atoms with E-state index in [9.17, 15) is 20.3 Å². The fourth-order valence-electron chi connectivity index (χ4n) is 2.30. The van der Waals surface area contributed by atoms with Crippen LogP contribution in [0, 0.1) is 16.0 Å². The molecule has 0 spiro atoms. The average molecular weight is 305 g/mol. The number of benzene rings is 1. The Labute approximate surface area is 121 Å². The zero-order chi connectivity index (χ0) is 14.0. The van der Waals surface area contributed by atoms with Crippen molar-refractivity contribution in [3.05, 3.63) is 27.8 Å². The molecule has 1 saturated heterocycles. The number of rotatable bonds is 3. The van der Waals surface area contributed by atoms with Crippen LogP contribution in [0.25, 0.3) is 0 Å². The minimum absolute atomic E-state index is 0. The molecule has 2 rings (SSSR count). The van der Waals surface area contributed by atoms with E-state index in [0.29, 0.717) is 18.8 Å². The maximum absolute atomic E-state index is 10.8. The maximum atomic E-state index is 10.8. The molecular weight excluding hydrogens is 288 g/mol. The largest absolute Gasteiger partial charge is 0.504 e. The number of phenols is 2. The van der Waals surface area contributed by atoms with Crippen LogP contribution in [-0.4, -0.2) is 28.4 Å². The molecule has 0 amide bonds. The van der Waals surface area contributed by atoms with Gasteiger partial charge in [-0.3, -0.25) is 10.1 Å². The van der Waals surface area contributed by atoms with E-state index in [1.807, 2.05) is 0 Å². The zero-order valence-corrected chi connectivity index (χ0v) is 11.5. The van der Waals surface area contributed by atoms with Crippen LogP contribution in [-0.2, 0) is 4.74 Å². The smallest absolute Gasteiger partial charge is 0.314 e. The Hall–Kier alpha value is -1.57. The number of phenolic OH excluding ortho intramolecular Hbond substituents is 2. The third-order valence-corrected chi connectivity index (χ3v) is 3.45. The van der Waals surface area contributed by atoms with Gasteiger partial charge in [0.2, 0.25) is 5.75 Å². The predicted octanol–water partition coefficient (Wildman–Crippen LogP) is 1.85. The molecular formula is C12H17ClN2O5. The van der Waals surface area contributed by atoms with E-state index in [4.69, 9.17) is 10.5 Å². The van der Waals surface area contributed by atoms with Crippen molar-refractivity contribution in [1.82, 2.24) is 0 Å². The van der Waals surface area contributed by atoms with Crippen molar-refractivity contribution in [3.63, 3.8) is 0 Å². The van der Waals surface area contributed by atoms with Gasteiger partial charge in [-0.1, -0.05) is 0 Å². The van der Waals surface area contributed by atoms with E-state index in [1.54, 1.807) is 0 Å². The first-order valence-corrected chi connectivity index (χ1v) is 6.04. The van der Waals surface area contributed by atoms with E-state index >= 15 is 0 Å². The highest BCUT2D eigenvalue weighted by molar-refractivity contribution is 5.85. The normalized spacial score (nSPS) is 17.2. The molecule has 0 saturated carbocycles. The number of nitro groups is 1. The van der Waals surface area contributed by atoms with Crippen LogP contribution >= 0.6 is 12.4 Å². The van der Waals surface area contributed by atoms with E-state index in [0.717, 1.165) is 12.8 Å². The summed E-state index contributed by atoms with van der Waals surface area (Å²) in [5.41, 5.74) is 6.01. The highest BCUT2D eigenvalue weighted by atomic mass is 35.5. The molecule has 1 aliphatic heterocycles. The first kappa shape index (κ1) is 16.5. The predicted molar refractivity (Wildman–Crippen MR) is 74.1 cm³/mol. The number of nitrogens with two attached hydrogens (primary N) is 1. The van der Waals surface area contributed by atoms with Gasteiger partial charge in [0.15, 0.2) is 5.75 Å². The molecule has 20 heavy (non-hydrogen) atoms. The summed E-state index contributed by atoms with van der Waals surface area (Å²) in [6, 6.07) is 2.08. The molecule has 0 unspecified atom stereocenters. The third-order valence-electron chi connectivity index (χ3n) is 3.45. The Morgan fingerprint density at radius 2 is 1.95 bits per heavy atom. The van der Waals surface area contributed by atoms with Gasteiger partial charge in [-0.15, -0.1) is 12.4 Å². The lowest BCUT2D eigenvalue weighted by atomic mass is 9.87. The molecule has 1 aromatic rings. The SMILES string of the molecule is Cl.N[C@@H](c1cc(O)c(O)c([N+](=O)[O-])c1)C1CCOCC1. The van der Waals surface area contributed by atoms with Crippen molar-refractivity contribution < 1.29 is 19.9 Å². The number of hydrogen-bond acceptors (Lipinski definition) is 6. The number of nitrogens with zero attached hydrogens (tertiary/aromatic N) is 1. The van der Waals surface area contributed by atoms with E-state index < -0.39 is 28.2 Å². The Morgan fingerprint density at radius 1 is 1.35 bits per heavy atom. The van der Waals surface area contributed by atoms with E-state index in [-0.39, 0.29) is 18.3 Å². The van der Waals surface area contributed by atoms with E-state index in [2.05, 4.69) is 0 Å². The highest BCUT2D eigenvalue weighted by Crippen LogP contribution is 2.39.